The third kappa shape index (κ3) is 2.52. The molecule has 0 radical (unpaired) electrons. The quantitative estimate of drug-likeness (QED) is 0.827. The highest BCUT2D eigenvalue weighted by atomic mass is 16.5. The van der Waals surface area contributed by atoms with E-state index in [2.05, 4.69) is 4.74 Å². The van der Waals surface area contributed by atoms with Gasteiger partial charge in [-0.1, -0.05) is 12.1 Å². The van der Waals surface area contributed by atoms with Crippen molar-refractivity contribution >= 4 is 5.97 Å². The van der Waals surface area contributed by atoms with Crippen molar-refractivity contribution in [3.63, 3.8) is 0 Å². The molecule has 2 rings (SSSR count). The lowest BCUT2D eigenvalue weighted by molar-refractivity contribution is 0.0600. The number of ether oxygens (including phenoxy) is 1. The molecule has 0 saturated carbocycles. The molecule has 0 atom stereocenters. The molecule has 0 amide bonds. The molecule has 1 aromatic carbocycles. The van der Waals surface area contributed by atoms with E-state index in [-0.39, 0.29) is 18.1 Å². The highest BCUT2D eigenvalue weighted by Gasteiger charge is 2.10. The molecule has 6 nitrogen and oxygen atoms in total. The molecule has 0 aliphatic heterocycles. The maximum absolute atomic E-state index is 11.7. The fourth-order valence-electron chi connectivity index (χ4n) is 1.83. The number of hydrogen-bond acceptors (Lipinski definition) is 4. The summed E-state index contributed by atoms with van der Waals surface area (Å²) in [6.07, 6.45) is 1.34. The van der Waals surface area contributed by atoms with Crippen molar-refractivity contribution in [2.24, 2.45) is 7.05 Å². The first-order valence-corrected chi connectivity index (χ1v) is 5.65. The van der Waals surface area contributed by atoms with Gasteiger partial charge in [-0.15, -0.1) is 0 Å². The maximum Gasteiger partial charge on any atom is 0.337 e. The van der Waals surface area contributed by atoms with Gasteiger partial charge in [0.2, 0.25) is 5.88 Å². The van der Waals surface area contributed by atoms with Gasteiger partial charge in [0, 0.05) is 7.05 Å². The molecular weight excluding hydrogens is 248 g/mol. The first-order valence-electron chi connectivity index (χ1n) is 5.65. The summed E-state index contributed by atoms with van der Waals surface area (Å²) >= 11 is 0. The average Bonchev–Trinajstić information content (AvgIpc) is 2.65. The molecule has 0 saturated heterocycles. The fourth-order valence-corrected chi connectivity index (χ4v) is 1.83. The molecule has 1 heterocycles. The van der Waals surface area contributed by atoms with Gasteiger partial charge in [-0.3, -0.25) is 9.13 Å². The summed E-state index contributed by atoms with van der Waals surface area (Å²) in [6, 6.07) is 6.73. The van der Waals surface area contributed by atoms with Gasteiger partial charge in [-0.2, -0.15) is 0 Å². The number of aromatic nitrogens is 2. The molecule has 0 aliphatic rings. The Labute approximate surface area is 109 Å². The molecule has 100 valence electrons. The van der Waals surface area contributed by atoms with Crippen molar-refractivity contribution in [3.05, 3.63) is 52.1 Å². The summed E-state index contributed by atoms with van der Waals surface area (Å²) < 4.78 is 7.14. The predicted octanol–water partition coefficient (Wildman–Crippen LogP) is 0.727. The molecule has 2 aromatic rings. The van der Waals surface area contributed by atoms with E-state index >= 15 is 0 Å². The minimum Gasteiger partial charge on any atom is -0.493 e. The van der Waals surface area contributed by atoms with E-state index in [4.69, 9.17) is 0 Å². The summed E-state index contributed by atoms with van der Waals surface area (Å²) in [5, 5.41) is 9.65. The van der Waals surface area contributed by atoms with Gasteiger partial charge in [-0.05, 0) is 17.7 Å². The number of aromatic hydroxyl groups is 1. The number of hydrogen-bond donors (Lipinski definition) is 1. The van der Waals surface area contributed by atoms with Crippen LogP contribution in [-0.2, 0) is 18.3 Å². The SMILES string of the molecule is COC(=O)c1cccc(Cn2c(O)cn(C)c2=O)c1. The Balaban J connectivity index is 2.34. The van der Waals surface area contributed by atoms with Crippen molar-refractivity contribution in [1.82, 2.24) is 9.13 Å². The summed E-state index contributed by atoms with van der Waals surface area (Å²) in [7, 11) is 2.87. The Morgan fingerprint density at radius 2 is 2.16 bits per heavy atom. The first kappa shape index (κ1) is 12.9. The van der Waals surface area contributed by atoms with Gasteiger partial charge in [0.25, 0.3) is 0 Å². The Hall–Kier alpha value is -2.50. The van der Waals surface area contributed by atoms with Crippen molar-refractivity contribution in [2.45, 2.75) is 6.54 Å². The van der Waals surface area contributed by atoms with Gasteiger partial charge in [0.15, 0.2) is 0 Å². The van der Waals surface area contributed by atoms with Crippen LogP contribution in [0, 0.1) is 0 Å². The number of carbonyl (C=O) groups is 1. The lowest BCUT2D eigenvalue weighted by atomic mass is 10.1. The Bertz CT molecular complexity index is 670. The standard InChI is InChI=1S/C13H14N2O4/c1-14-8-11(16)15(13(14)18)7-9-4-3-5-10(6-9)12(17)19-2/h3-6,8,16H,7H2,1-2H3. The average molecular weight is 262 g/mol. The minimum absolute atomic E-state index is 0.115. The number of rotatable bonds is 3. The van der Waals surface area contributed by atoms with Gasteiger partial charge < -0.3 is 9.84 Å². The van der Waals surface area contributed by atoms with E-state index in [0.717, 1.165) is 5.56 Å². The number of esters is 1. The molecule has 6 heteroatoms. The van der Waals surface area contributed by atoms with Gasteiger partial charge in [0.05, 0.1) is 25.4 Å². The van der Waals surface area contributed by atoms with Crippen molar-refractivity contribution in [2.75, 3.05) is 7.11 Å². The smallest absolute Gasteiger partial charge is 0.337 e. The Morgan fingerprint density at radius 1 is 1.42 bits per heavy atom. The number of benzene rings is 1. The number of imidazole rings is 1. The van der Waals surface area contributed by atoms with Crippen LogP contribution in [0.2, 0.25) is 0 Å². The molecule has 0 spiro atoms. The second kappa shape index (κ2) is 5.01. The Kier molecular flexibility index (Phi) is 3.41. The highest BCUT2D eigenvalue weighted by molar-refractivity contribution is 5.89. The summed E-state index contributed by atoms with van der Waals surface area (Å²) in [5.41, 5.74) is 0.816. The van der Waals surface area contributed by atoms with Crippen LogP contribution in [0.1, 0.15) is 15.9 Å². The third-order valence-corrected chi connectivity index (χ3v) is 2.81. The zero-order valence-electron chi connectivity index (χ0n) is 10.7. The molecule has 0 unspecified atom stereocenters. The van der Waals surface area contributed by atoms with Crippen molar-refractivity contribution in [3.8, 4) is 5.88 Å². The van der Waals surface area contributed by atoms with Crippen LogP contribution in [-0.4, -0.2) is 27.3 Å². The van der Waals surface area contributed by atoms with Crippen LogP contribution in [0.4, 0.5) is 0 Å². The van der Waals surface area contributed by atoms with Crippen molar-refractivity contribution < 1.29 is 14.6 Å². The lowest BCUT2D eigenvalue weighted by Crippen LogP contribution is -2.22. The van der Waals surface area contributed by atoms with Crippen LogP contribution in [0.5, 0.6) is 5.88 Å². The van der Waals surface area contributed by atoms with E-state index < -0.39 is 5.97 Å². The molecule has 1 aromatic heterocycles. The number of nitrogens with zero attached hydrogens (tertiary/aromatic N) is 2. The van der Waals surface area contributed by atoms with Gasteiger partial charge in [-0.25, -0.2) is 9.59 Å². The summed E-state index contributed by atoms with van der Waals surface area (Å²) in [5.74, 6) is -0.553. The van der Waals surface area contributed by atoms with Gasteiger partial charge in [0.1, 0.15) is 0 Å². The van der Waals surface area contributed by atoms with Crippen molar-refractivity contribution in [1.29, 1.82) is 0 Å². The fraction of sp³-hybridized carbons (Fsp3) is 0.231. The number of aryl methyl sites for hydroxylation is 1. The van der Waals surface area contributed by atoms with Crippen LogP contribution >= 0.6 is 0 Å². The number of methoxy groups -OCH3 is 1. The van der Waals surface area contributed by atoms with Crippen LogP contribution < -0.4 is 5.69 Å². The van der Waals surface area contributed by atoms with Crippen LogP contribution in [0.3, 0.4) is 0 Å². The second-order valence-corrected chi connectivity index (χ2v) is 4.16. The molecular formula is C13H14N2O4. The lowest BCUT2D eigenvalue weighted by Gasteiger charge is -2.05. The maximum atomic E-state index is 11.7. The Morgan fingerprint density at radius 3 is 2.74 bits per heavy atom. The van der Waals surface area contributed by atoms with Gasteiger partial charge >= 0.3 is 11.7 Å². The molecule has 19 heavy (non-hydrogen) atoms. The van der Waals surface area contributed by atoms with E-state index in [9.17, 15) is 14.7 Å². The van der Waals surface area contributed by atoms with E-state index in [1.54, 1.807) is 31.3 Å². The van der Waals surface area contributed by atoms with E-state index in [0.29, 0.717) is 5.56 Å². The first-order chi connectivity index (χ1) is 9.02. The van der Waals surface area contributed by atoms with E-state index in [1.807, 2.05) is 0 Å². The second-order valence-electron chi connectivity index (χ2n) is 4.16. The predicted molar refractivity (Wildman–Crippen MR) is 68.2 cm³/mol. The van der Waals surface area contributed by atoms with E-state index in [1.165, 1.54) is 22.4 Å². The van der Waals surface area contributed by atoms with Crippen LogP contribution in [0.25, 0.3) is 0 Å². The minimum atomic E-state index is -0.438. The zero-order valence-corrected chi connectivity index (χ0v) is 10.7. The zero-order chi connectivity index (χ0) is 14.0. The topological polar surface area (TPSA) is 73.5 Å². The normalized spacial score (nSPS) is 10.4. The molecule has 1 N–H and O–H groups in total. The number of carbonyl (C=O) groups excluding carboxylic acids is 1. The molecule has 0 aliphatic carbocycles. The summed E-state index contributed by atoms with van der Waals surface area (Å²) in [4.78, 5) is 23.2. The third-order valence-electron chi connectivity index (χ3n) is 2.81. The summed E-state index contributed by atoms with van der Waals surface area (Å²) in [6.45, 7) is 0.191. The highest BCUT2D eigenvalue weighted by Crippen LogP contribution is 2.11. The molecule has 0 fully saturated rings. The monoisotopic (exact) mass is 262 g/mol. The van der Waals surface area contributed by atoms with Crippen LogP contribution in [0.15, 0.2) is 35.3 Å². The largest absolute Gasteiger partial charge is 0.493 e. The molecule has 0 bridgehead atoms.